The van der Waals surface area contributed by atoms with Crippen LogP contribution in [0.25, 0.3) is 0 Å². The van der Waals surface area contributed by atoms with Crippen LogP contribution in [-0.4, -0.2) is 4.98 Å². The zero-order valence-electron chi connectivity index (χ0n) is 12.8. The molecule has 0 spiro atoms. The summed E-state index contributed by atoms with van der Waals surface area (Å²) < 4.78 is 0. The Labute approximate surface area is 112 Å². The average Bonchev–Trinajstić information content (AvgIpc) is 2.23. The quantitative estimate of drug-likeness (QED) is 0.614. The van der Waals surface area contributed by atoms with Crippen molar-refractivity contribution in [2.24, 2.45) is 0 Å². The summed E-state index contributed by atoms with van der Waals surface area (Å²) in [5, 5.41) is 0. The van der Waals surface area contributed by atoms with Crippen molar-refractivity contribution in [2.45, 2.75) is 65.7 Å². The van der Waals surface area contributed by atoms with Gasteiger partial charge < -0.3 is 0 Å². The van der Waals surface area contributed by atoms with Gasteiger partial charge in [0.05, 0.1) is 5.69 Å². The Balaban J connectivity index is 3.39. The van der Waals surface area contributed by atoms with Crippen LogP contribution in [-0.2, 0) is 10.8 Å². The Morgan fingerprint density at radius 2 is 1.61 bits per heavy atom. The summed E-state index contributed by atoms with van der Waals surface area (Å²) in [5.41, 5.74) is 3.41. The Bertz CT molecular complexity index is 473. The summed E-state index contributed by atoms with van der Waals surface area (Å²) in [4.78, 5) is 4.87. The number of rotatable bonds is 0. The van der Waals surface area contributed by atoms with E-state index in [-0.39, 0.29) is 10.8 Å². The summed E-state index contributed by atoms with van der Waals surface area (Å²) in [6, 6.07) is 4.23. The second kappa shape index (κ2) is 5.14. The maximum absolute atomic E-state index is 4.87. The highest BCUT2D eigenvalue weighted by Crippen LogP contribution is 2.27. The van der Waals surface area contributed by atoms with E-state index < -0.39 is 0 Å². The maximum atomic E-state index is 4.87. The van der Waals surface area contributed by atoms with Crippen LogP contribution in [0.1, 0.15) is 71.8 Å². The van der Waals surface area contributed by atoms with Gasteiger partial charge in [-0.3, -0.25) is 4.98 Å². The summed E-state index contributed by atoms with van der Waals surface area (Å²) in [6.07, 6.45) is 0.880. The smallest absolute Gasteiger partial charge is 0.0616 e. The summed E-state index contributed by atoms with van der Waals surface area (Å²) in [7, 11) is 0. The molecule has 1 heterocycles. The molecule has 0 aliphatic rings. The average molecular weight is 243 g/mol. The summed E-state index contributed by atoms with van der Waals surface area (Å²) >= 11 is 0. The molecule has 98 valence electrons. The van der Waals surface area contributed by atoms with Gasteiger partial charge >= 0.3 is 0 Å². The first-order valence-corrected chi connectivity index (χ1v) is 6.67. The van der Waals surface area contributed by atoms with Gasteiger partial charge in [0.15, 0.2) is 0 Å². The molecule has 0 saturated carbocycles. The van der Waals surface area contributed by atoms with Crippen LogP contribution in [0.3, 0.4) is 0 Å². The van der Waals surface area contributed by atoms with Gasteiger partial charge in [-0.25, -0.2) is 0 Å². The monoisotopic (exact) mass is 243 g/mol. The number of aromatic nitrogens is 1. The third-order valence-corrected chi connectivity index (χ3v) is 2.77. The highest BCUT2D eigenvalue weighted by Gasteiger charge is 2.23. The molecule has 0 unspecified atom stereocenters. The van der Waals surface area contributed by atoms with Crippen molar-refractivity contribution in [3.05, 3.63) is 29.1 Å². The van der Waals surface area contributed by atoms with Crippen LogP contribution in [0.5, 0.6) is 0 Å². The Morgan fingerprint density at radius 3 is 2.06 bits per heavy atom. The second-order valence-corrected chi connectivity index (χ2v) is 6.75. The molecule has 0 aromatic carbocycles. The molecule has 0 N–H and O–H groups in total. The van der Waals surface area contributed by atoms with E-state index in [0.717, 1.165) is 23.4 Å². The largest absolute Gasteiger partial charge is 0.255 e. The second-order valence-electron chi connectivity index (χ2n) is 6.75. The van der Waals surface area contributed by atoms with Crippen LogP contribution in [0, 0.1) is 11.8 Å². The van der Waals surface area contributed by atoms with Gasteiger partial charge in [-0.15, -0.1) is 0 Å². The van der Waals surface area contributed by atoms with E-state index in [9.17, 15) is 0 Å². The summed E-state index contributed by atoms with van der Waals surface area (Å²) in [5.74, 6) is 6.38. The Morgan fingerprint density at radius 1 is 1.00 bits per heavy atom. The van der Waals surface area contributed by atoms with Crippen LogP contribution in [0.4, 0.5) is 0 Å². The maximum Gasteiger partial charge on any atom is 0.0616 e. The standard InChI is InChI=1S/C17H25N/c1-8-9-10-13-11-12-14(16(2,3)4)18-15(13)17(5,6)7/h11-12H,8H2,1-7H3. The molecule has 1 aromatic heterocycles. The van der Waals surface area contributed by atoms with Crippen molar-refractivity contribution >= 4 is 0 Å². The van der Waals surface area contributed by atoms with Crippen molar-refractivity contribution in [1.29, 1.82) is 0 Å². The van der Waals surface area contributed by atoms with Crippen molar-refractivity contribution in [2.75, 3.05) is 0 Å². The number of hydrogen-bond donors (Lipinski definition) is 0. The molecule has 1 heteroatoms. The lowest BCUT2D eigenvalue weighted by molar-refractivity contribution is 0.530. The van der Waals surface area contributed by atoms with Crippen LogP contribution in [0.15, 0.2) is 12.1 Å². The van der Waals surface area contributed by atoms with E-state index in [1.807, 2.05) is 0 Å². The van der Waals surface area contributed by atoms with Crippen LogP contribution >= 0.6 is 0 Å². The van der Waals surface area contributed by atoms with E-state index in [1.165, 1.54) is 0 Å². The van der Waals surface area contributed by atoms with Gasteiger partial charge in [0.25, 0.3) is 0 Å². The number of nitrogens with zero attached hydrogens (tertiary/aromatic N) is 1. The molecule has 0 radical (unpaired) electrons. The first kappa shape index (κ1) is 14.8. The van der Waals surface area contributed by atoms with E-state index in [2.05, 4.69) is 72.4 Å². The van der Waals surface area contributed by atoms with Crippen molar-refractivity contribution < 1.29 is 0 Å². The van der Waals surface area contributed by atoms with Crippen molar-refractivity contribution in [1.82, 2.24) is 4.98 Å². The lowest BCUT2D eigenvalue weighted by Gasteiger charge is -2.24. The fourth-order valence-corrected chi connectivity index (χ4v) is 1.73. The first-order chi connectivity index (χ1) is 8.16. The van der Waals surface area contributed by atoms with Crippen molar-refractivity contribution in [3.8, 4) is 11.8 Å². The minimum Gasteiger partial charge on any atom is -0.255 e. The molecule has 1 nitrogen and oxygen atoms in total. The summed E-state index contributed by atoms with van der Waals surface area (Å²) in [6.45, 7) is 15.2. The van der Waals surface area contributed by atoms with Crippen LogP contribution in [0.2, 0.25) is 0 Å². The molecule has 0 atom stereocenters. The van der Waals surface area contributed by atoms with Crippen molar-refractivity contribution in [3.63, 3.8) is 0 Å². The highest BCUT2D eigenvalue weighted by atomic mass is 14.8. The van der Waals surface area contributed by atoms with Gasteiger partial charge in [0, 0.05) is 28.5 Å². The molecule has 0 aliphatic heterocycles. The molecule has 1 aromatic rings. The highest BCUT2D eigenvalue weighted by molar-refractivity contribution is 5.42. The lowest BCUT2D eigenvalue weighted by Crippen LogP contribution is -2.21. The molecule has 0 saturated heterocycles. The van der Waals surface area contributed by atoms with E-state index in [0.29, 0.717) is 0 Å². The predicted molar refractivity (Wildman–Crippen MR) is 78.8 cm³/mol. The SMILES string of the molecule is CCC#Cc1ccc(C(C)(C)C)nc1C(C)(C)C. The van der Waals surface area contributed by atoms with Gasteiger partial charge in [-0.2, -0.15) is 0 Å². The first-order valence-electron chi connectivity index (χ1n) is 6.67. The molecular weight excluding hydrogens is 218 g/mol. The van der Waals surface area contributed by atoms with Crippen LogP contribution < -0.4 is 0 Å². The van der Waals surface area contributed by atoms with Gasteiger partial charge in [-0.05, 0) is 12.1 Å². The number of pyridine rings is 1. The molecule has 18 heavy (non-hydrogen) atoms. The number of hydrogen-bond acceptors (Lipinski definition) is 1. The van der Waals surface area contributed by atoms with Gasteiger partial charge in [0.1, 0.15) is 0 Å². The van der Waals surface area contributed by atoms with E-state index in [4.69, 9.17) is 4.98 Å². The normalized spacial score (nSPS) is 11.9. The molecule has 0 fully saturated rings. The van der Waals surface area contributed by atoms with Gasteiger partial charge in [0.2, 0.25) is 0 Å². The molecule has 1 rings (SSSR count). The fraction of sp³-hybridized carbons (Fsp3) is 0.588. The molecule has 0 amide bonds. The Hall–Kier alpha value is -1.29. The lowest BCUT2D eigenvalue weighted by atomic mass is 9.85. The van der Waals surface area contributed by atoms with E-state index >= 15 is 0 Å². The Kier molecular flexibility index (Phi) is 4.22. The minimum absolute atomic E-state index is 0.0268. The topological polar surface area (TPSA) is 12.9 Å². The third kappa shape index (κ3) is 3.60. The molecule has 0 aliphatic carbocycles. The fourth-order valence-electron chi connectivity index (χ4n) is 1.73. The zero-order chi connectivity index (χ0) is 14.0. The molecular formula is C17H25N. The third-order valence-electron chi connectivity index (χ3n) is 2.77. The minimum atomic E-state index is 0.0268. The molecule has 0 bridgehead atoms. The zero-order valence-corrected chi connectivity index (χ0v) is 12.8. The predicted octanol–water partition coefficient (Wildman–Crippen LogP) is 4.44. The van der Waals surface area contributed by atoms with E-state index in [1.54, 1.807) is 0 Å². The van der Waals surface area contributed by atoms with Gasteiger partial charge in [-0.1, -0.05) is 60.3 Å².